The Balaban J connectivity index is 2.15. The van der Waals surface area contributed by atoms with Crippen LogP contribution in [-0.2, 0) is 9.31 Å². The molecule has 4 heteroatoms. The van der Waals surface area contributed by atoms with Crippen LogP contribution in [0.5, 0.6) is 0 Å². The molecule has 1 aliphatic rings. The number of hydrogen-bond acceptors (Lipinski definition) is 2. The molecule has 1 aromatic carbocycles. The van der Waals surface area contributed by atoms with Gasteiger partial charge in [-0.1, -0.05) is 23.7 Å². The van der Waals surface area contributed by atoms with Crippen molar-refractivity contribution in [2.24, 2.45) is 0 Å². The predicted octanol–water partition coefficient (Wildman–Crippen LogP) is 3.78. The number of rotatable bonds is 2. The van der Waals surface area contributed by atoms with E-state index in [1.54, 1.807) is 24.2 Å². The predicted molar refractivity (Wildman–Crippen MR) is 76.3 cm³/mol. The van der Waals surface area contributed by atoms with Gasteiger partial charge in [0.1, 0.15) is 5.82 Å². The van der Waals surface area contributed by atoms with Gasteiger partial charge in [-0.05, 0) is 46.8 Å². The van der Waals surface area contributed by atoms with Crippen molar-refractivity contribution < 1.29 is 13.7 Å². The van der Waals surface area contributed by atoms with E-state index in [4.69, 9.17) is 9.31 Å². The van der Waals surface area contributed by atoms with Gasteiger partial charge in [0.25, 0.3) is 0 Å². The molecular weight excluding hydrogens is 242 g/mol. The Labute approximate surface area is 114 Å². The van der Waals surface area contributed by atoms with Crippen LogP contribution in [0.3, 0.4) is 0 Å². The van der Waals surface area contributed by atoms with E-state index in [2.05, 4.69) is 0 Å². The molecule has 0 N–H and O–H groups in total. The van der Waals surface area contributed by atoms with Crippen molar-refractivity contribution in [3.63, 3.8) is 0 Å². The molecule has 0 radical (unpaired) electrons. The van der Waals surface area contributed by atoms with Gasteiger partial charge in [-0.2, -0.15) is 0 Å². The zero-order valence-corrected chi connectivity index (χ0v) is 12.2. The zero-order chi connectivity index (χ0) is 14.3. The third kappa shape index (κ3) is 2.90. The Morgan fingerprint density at radius 2 is 1.68 bits per heavy atom. The van der Waals surface area contributed by atoms with Crippen molar-refractivity contribution in [3.8, 4) is 0 Å². The van der Waals surface area contributed by atoms with Crippen LogP contribution in [0.2, 0.25) is 0 Å². The van der Waals surface area contributed by atoms with Gasteiger partial charge < -0.3 is 9.31 Å². The van der Waals surface area contributed by atoms with E-state index < -0.39 is 7.12 Å². The van der Waals surface area contributed by atoms with Gasteiger partial charge in [0, 0.05) is 5.56 Å². The van der Waals surface area contributed by atoms with Crippen LogP contribution in [0.4, 0.5) is 4.39 Å². The van der Waals surface area contributed by atoms with Crippen LogP contribution in [0, 0.1) is 12.7 Å². The van der Waals surface area contributed by atoms with E-state index >= 15 is 0 Å². The molecule has 1 saturated heterocycles. The summed E-state index contributed by atoms with van der Waals surface area (Å²) in [6, 6.07) is 5.03. The third-order valence-corrected chi connectivity index (χ3v) is 3.86. The Hall–Kier alpha value is -1.13. The Morgan fingerprint density at radius 1 is 1.11 bits per heavy atom. The molecular formula is C15H20BFO2. The number of halogens is 1. The van der Waals surface area contributed by atoms with Crippen LogP contribution in [0.1, 0.15) is 38.8 Å². The van der Waals surface area contributed by atoms with Crippen LogP contribution >= 0.6 is 0 Å². The minimum absolute atomic E-state index is 0.238. The molecule has 0 bridgehead atoms. The fourth-order valence-electron chi connectivity index (χ4n) is 1.94. The minimum Gasteiger partial charge on any atom is -0.400 e. The summed E-state index contributed by atoms with van der Waals surface area (Å²) >= 11 is 0. The molecule has 1 aromatic rings. The van der Waals surface area contributed by atoms with Crippen LogP contribution in [0.15, 0.2) is 24.2 Å². The molecule has 19 heavy (non-hydrogen) atoms. The highest BCUT2D eigenvalue weighted by molar-refractivity contribution is 6.52. The van der Waals surface area contributed by atoms with Crippen molar-refractivity contribution in [2.45, 2.75) is 45.8 Å². The smallest absolute Gasteiger partial charge is 0.400 e. The summed E-state index contributed by atoms with van der Waals surface area (Å²) in [6.45, 7) is 9.91. The van der Waals surface area contributed by atoms with Gasteiger partial charge in [-0.3, -0.25) is 0 Å². The molecule has 0 aromatic heterocycles. The summed E-state index contributed by atoms with van der Waals surface area (Å²) in [4.78, 5) is 0. The lowest BCUT2D eigenvalue weighted by molar-refractivity contribution is 0.00578. The summed E-state index contributed by atoms with van der Waals surface area (Å²) in [5, 5.41) is 0. The van der Waals surface area contributed by atoms with E-state index in [-0.39, 0.29) is 17.0 Å². The maximum Gasteiger partial charge on any atom is 0.487 e. The average Bonchev–Trinajstić information content (AvgIpc) is 2.49. The topological polar surface area (TPSA) is 18.5 Å². The van der Waals surface area contributed by atoms with E-state index in [0.29, 0.717) is 5.56 Å². The normalized spacial score (nSPS) is 21.3. The van der Waals surface area contributed by atoms with Crippen molar-refractivity contribution in [2.75, 3.05) is 0 Å². The molecule has 0 aliphatic carbocycles. The van der Waals surface area contributed by atoms with Crippen molar-refractivity contribution in [1.82, 2.24) is 0 Å². The molecule has 102 valence electrons. The highest BCUT2D eigenvalue weighted by atomic mass is 19.1. The molecule has 1 aliphatic heterocycles. The fraction of sp³-hybridized carbons (Fsp3) is 0.467. The summed E-state index contributed by atoms with van der Waals surface area (Å²) in [5.74, 6) is 1.52. The molecule has 0 unspecified atom stereocenters. The van der Waals surface area contributed by atoms with Crippen molar-refractivity contribution in [1.29, 1.82) is 0 Å². The quantitative estimate of drug-likeness (QED) is 0.755. The molecule has 0 amide bonds. The molecule has 1 heterocycles. The standard InChI is InChI=1S/C15H20BFO2/c1-11-6-7-13(17)12(10-11)8-9-16-18-14(2,3)15(4,5)19-16/h6-10H,1-5H3/b9-8+. The minimum atomic E-state index is -0.440. The monoisotopic (exact) mass is 262 g/mol. The summed E-state index contributed by atoms with van der Waals surface area (Å²) in [5.41, 5.74) is 0.838. The molecule has 0 spiro atoms. The second kappa shape index (κ2) is 4.76. The SMILES string of the molecule is Cc1ccc(F)c(/C=C/B2OC(C)(C)C(C)(C)O2)c1. The fourth-order valence-corrected chi connectivity index (χ4v) is 1.94. The van der Waals surface area contributed by atoms with E-state index in [9.17, 15) is 4.39 Å². The van der Waals surface area contributed by atoms with Crippen LogP contribution < -0.4 is 0 Å². The number of hydrogen-bond donors (Lipinski definition) is 0. The van der Waals surface area contributed by atoms with E-state index in [0.717, 1.165) is 5.56 Å². The average molecular weight is 262 g/mol. The van der Waals surface area contributed by atoms with Crippen LogP contribution in [-0.4, -0.2) is 18.3 Å². The largest absolute Gasteiger partial charge is 0.487 e. The Morgan fingerprint density at radius 3 is 2.26 bits per heavy atom. The van der Waals surface area contributed by atoms with Crippen molar-refractivity contribution in [3.05, 3.63) is 41.1 Å². The van der Waals surface area contributed by atoms with Gasteiger partial charge in [0.2, 0.25) is 0 Å². The Bertz CT molecular complexity index is 493. The lowest BCUT2D eigenvalue weighted by atomic mass is 9.89. The maximum atomic E-state index is 13.6. The molecule has 1 fully saturated rings. The Kier molecular flexibility index (Phi) is 3.58. The second-order valence-corrected chi connectivity index (χ2v) is 6.01. The number of aryl methyl sites for hydroxylation is 1. The van der Waals surface area contributed by atoms with Gasteiger partial charge in [0.15, 0.2) is 0 Å². The molecule has 0 atom stereocenters. The molecule has 2 nitrogen and oxygen atoms in total. The van der Waals surface area contributed by atoms with Gasteiger partial charge in [-0.15, -0.1) is 0 Å². The first kappa shape index (κ1) is 14.3. The maximum absolute atomic E-state index is 13.6. The lowest BCUT2D eigenvalue weighted by Crippen LogP contribution is -2.41. The highest BCUT2D eigenvalue weighted by Gasteiger charge is 2.49. The highest BCUT2D eigenvalue weighted by Crippen LogP contribution is 2.37. The number of benzene rings is 1. The van der Waals surface area contributed by atoms with Crippen molar-refractivity contribution >= 4 is 13.2 Å². The summed E-state index contributed by atoms with van der Waals surface area (Å²) in [6.07, 6.45) is 1.71. The van der Waals surface area contributed by atoms with Gasteiger partial charge >= 0.3 is 7.12 Å². The van der Waals surface area contributed by atoms with E-state index in [1.807, 2.05) is 34.6 Å². The van der Waals surface area contributed by atoms with Gasteiger partial charge in [0.05, 0.1) is 11.2 Å². The summed E-state index contributed by atoms with van der Waals surface area (Å²) in [7, 11) is -0.440. The van der Waals surface area contributed by atoms with Gasteiger partial charge in [-0.25, -0.2) is 4.39 Å². The molecule has 2 rings (SSSR count). The zero-order valence-electron chi connectivity index (χ0n) is 12.2. The molecule has 0 saturated carbocycles. The summed E-state index contributed by atoms with van der Waals surface area (Å²) < 4.78 is 25.3. The first-order chi connectivity index (χ1) is 8.71. The lowest BCUT2D eigenvalue weighted by Gasteiger charge is -2.32. The first-order valence-electron chi connectivity index (χ1n) is 6.51. The first-order valence-corrected chi connectivity index (χ1v) is 6.51. The third-order valence-electron chi connectivity index (χ3n) is 3.86. The van der Waals surface area contributed by atoms with Crippen LogP contribution in [0.25, 0.3) is 6.08 Å². The second-order valence-electron chi connectivity index (χ2n) is 6.01. The van der Waals surface area contributed by atoms with E-state index in [1.165, 1.54) is 6.07 Å².